The van der Waals surface area contributed by atoms with E-state index in [1.165, 1.54) is 16.5 Å². The Balaban J connectivity index is 1.54. The molecule has 23 heavy (non-hydrogen) atoms. The van der Waals surface area contributed by atoms with E-state index in [2.05, 4.69) is 23.3 Å². The molecular formula is C17H22N2O3S. The Morgan fingerprint density at radius 2 is 2.22 bits per heavy atom. The average Bonchev–Trinajstić information content (AvgIpc) is 3.05. The summed E-state index contributed by atoms with van der Waals surface area (Å²) in [5, 5.41) is 4.78. The maximum atomic E-state index is 12.2. The molecule has 3 heterocycles. The van der Waals surface area contributed by atoms with Crippen LogP contribution in [0.15, 0.2) is 24.1 Å². The zero-order chi connectivity index (χ0) is 16.3. The number of carbonyl (C=O) groups excluding carboxylic acids is 2. The van der Waals surface area contributed by atoms with Crippen molar-refractivity contribution in [2.45, 2.75) is 31.3 Å². The Hall–Kier alpha value is -1.66. The van der Waals surface area contributed by atoms with Gasteiger partial charge in [0, 0.05) is 30.9 Å². The van der Waals surface area contributed by atoms with Gasteiger partial charge in [-0.1, -0.05) is 6.58 Å². The molecule has 2 aliphatic heterocycles. The maximum Gasteiger partial charge on any atom is 0.243 e. The summed E-state index contributed by atoms with van der Waals surface area (Å²) < 4.78 is 6.15. The first kappa shape index (κ1) is 16.2. The summed E-state index contributed by atoms with van der Waals surface area (Å²) >= 11 is 1.77. The van der Waals surface area contributed by atoms with E-state index in [9.17, 15) is 9.59 Å². The molecule has 0 radical (unpaired) electrons. The molecule has 1 fully saturated rings. The van der Waals surface area contributed by atoms with Crippen LogP contribution in [-0.2, 0) is 26.3 Å². The number of amides is 2. The second kappa shape index (κ2) is 6.84. The molecule has 1 saturated heterocycles. The van der Waals surface area contributed by atoms with Gasteiger partial charge in [-0.25, -0.2) is 0 Å². The Labute approximate surface area is 140 Å². The number of rotatable bonds is 4. The van der Waals surface area contributed by atoms with Crippen LogP contribution in [0.2, 0.25) is 0 Å². The average molecular weight is 334 g/mol. The molecule has 1 spiro atoms. The van der Waals surface area contributed by atoms with Crippen LogP contribution in [0, 0.1) is 0 Å². The Morgan fingerprint density at radius 3 is 2.96 bits per heavy atom. The van der Waals surface area contributed by atoms with E-state index < -0.39 is 0 Å². The lowest BCUT2D eigenvalue weighted by molar-refractivity contribution is -0.140. The number of carbonyl (C=O) groups is 2. The van der Waals surface area contributed by atoms with Crippen molar-refractivity contribution >= 4 is 23.2 Å². The molecule has 1 aromatic heterocycles. The van der Waals surface area contributed by atoms with Crippen molar-refractivity contribution in [3.05, 3.63) is 34.5 Å². The summed E-state index contributed by atoms with van der Waals surface area (Å²) in [5.74, 6) is -0.150. The third-order valence-corrected chi connectivity index (χ3v) is 5.80. The zero-order valence-corrected chi connectivity index (χ0v) is 14.0. The van der Waals surface area contributed by atoms with Gasteiger partial charge >= 0.3 is 0 Å². The smallest absolute Gasteiger partial charge is 0.243 e. The fourth-order valence-corrected chi connectivity index (χ4v) is 4.53. The van der Waals surface area contributed by atoms with Gasteiger partial charge in [0.05, 0.1) is 6.61 Å². The standard InChI is InChI=1S/C17H22N2O3S/c1-2-14(20)18-8-3-15(21)19-9-6-17(7-10-19)16-13(4-11-22-17)5-12-23-16/h2,5,12H,1,3-4,6-11H2,(H,18,20). The van der Waals surface area contributed by atoms with Crippen molar-refractivity contribution in [1.29, 1.82) is 0 Å². The molecule has 0 atom stereocenters. The van der Waals surface area contributed by atoms with Crippen LogP contribution in [0.4, 0.5) is 0 Å². The number of nitrogens with one attached hydrogen (secondary N) is 1. The van der Waals surface area contributed by atoms with E-state index in [0.717, 1.165) is 25.9 Å². The van der Waals surface area contributed by atoms with Crippen molar-refractivity contribution in [1.82, 2.24) is 10.2 Å². The molecule has 0 saturated carbocycles. The molecule has 2 amide bonds. The molecular weight excluding hydrogens is 312 g/mol. The van der Waals surface area contributed by atoms with Gasteiger partial charge in [0.25, 0.3) is 0 Å². The highest BCUT2D eigenvalue weighted by Gasteiger charge is 2.42. The summed E-state index contributed by atoms with van der Waals surface area (Å²) in [6.07, 6.45) is 4.24. The molecule has 0 aliphatic carbocycles. The van der Waals surface area contributed by atoms with E-state index in [4.69, 9.17) is 4.74 Å². The number of ether oxygens (including phenoxy) is 1. The lowest BCUT2D eigenvalue weighted by Crippen LogP contribution is -2.48. The molecule has 0 unspecified atom stereocenters. The highest BCUT2D eigenvalue weighted by Crippen LogP contribution is 2.44. The fourth-order valence-electron chi connectivity index (χ4n) is 3.37. The zero-order valence-electron chi connectivity index (χ0n) is 13.2. The van der Waals surface area contributed by atoms with Gasteiger partial charge in [-0.2, -0.15) is 0 Å². The molecule has 0 bridgehead atoms. The van der Waals surface area contributed by atoms with Crippen LogP contribution < -0.4 is 5.32 Å². The third kappa shape index (κ3) is 3.33. The predicted molar refractivity (Wildman–Crippen MR) is 89.3 cm³/mol. The van der Waals surface area contributed by atoms with Crippen LogP contribution in [0.5, 0.6) is 0 Å². The second-order valence-corrected chi connectivity index (χ2v) is 6.91. The van der Waals surface area contributed by atoms with Crippen LogP contribution >= 0.6 is 11.3 Å². The molecule has 3 rings (SSSR count). The third-order valence-electron chi connectivity index (χ3n) is 4.66. The van der Waals surface area contributed by atoms with Crippen LogP contribution in [-0.4, -0.2) is 43.0 Å². The van der Waals surface area contributed by atoms with Gasteiger partial charge in [-0.15, -0.1) is 11.3 Å². The van der Waals surface area contributed by atoms with Gasteiger partial charge in [0.2, 0.25) is 11.8 Å². The first-order valence-electron chi connectivity index (χ1n) is 8.03. The highest BCUT2D eigenvalue weighted by molar-refractivity contribution is 7.10. The Bertz CT molecular complexity index is 603. The lowest BCUT2D eigenvalue weighted by Gasteiger charge is -2.43. The summed E-state index contributed by atoms with van der Waals surface area (Å²) in [4.78, 5) is 26.6. The van der Waals surface area contributed by atoms with Gasteiger partial charge in [0.1, 0.15) is 5.60 Å². The van der Waals surface area contributed by atoms with E-state index in [0.29, 0.717) is 26.1 Å². The summed E-state index contributed by atoms with van der Waals surface area (Å²) in [6.45, 7) is 5.95. The summed E-state index contributed by atoms with van der Waals surface area (Å²) in [7, 11) is 0. The number of piperidine rings is 1. The first-order chi connectivity index (χ1) is 11.1. The molecule has 124 valence electrons. The minimum atomic E-state index is -0.240. The van der Waals surface area contributed by atoms with Crippen LogP contribution in [0.1, 0.15) is 29.7 Å². The highest BCUT2D eigenvalue weighted by atomic mass is 32.1. The monoisotopic (exact) mass is 334 g/mol. The van der Waals surface area contributed by atoms with Crippen molar-refractivity contribution in [2.75, 3.05) is 26.2 Å². The molecule has 6 heteroatoms. The summed E-state index contributed by atoms with van der Waals surface area (Å²) in [6, 6.07) is 2.20. The number of hydrogen-bond donors (Lipinski definition) is 1. The Kier molecular flexibility index (Phi) is 4.82. The lowest BCUT2D eigenvalue weighted by atomic mass is 9.85. The number of thiophene rings is 1. The largest absolute Gasteiger partial charge is 0.369 e. The van der Waals surface area contributed by atoms with E-state index in [-0.39, 0.29) is 17.4 Å². The minimum absolute atomic E-state index is 0.0893. The molecule has 2 aliphatic rings. The van der Waals surface area contributed by atoms with Gasteiger partial charge < -0.3 is 15.0 Å². The van der Waals surface area contributed by atoms with E-state index in [1.54, 1.807) is 11.3 Å². The van der Waals surface area contributed by atoms with Crippen molar-refractivity contribution in [3.63, 3.8) is 0 Å². The SMILES string of the molecule is C=CC(=O)NCCC(=O)N1CCC2(CC1)OCCc1ccsc12. The van der Waals surface area contributed by atoms with E-state index in [1.807, 2.05) is 4.90 Å². The second-order valence-electron chi connectivity index (χ2n) is 5.99. The minimum Gasteiger partial charge on any atom is -0.369 e. The van der Waals surface area contributed by atoms with Crippen molar-refractivity contribution in [3.8, 4) is 0 Å². The van der Waals surface area contributed by atoms with Crippen LogP contribution in [0.3, 0.4) is 0 Å². The number of fused-ring (bicyclic) bond motifs is 2. The van der Waals surface area contributed by atoms with E-state index >= 15 is 0 Å². The van der Waals surface area contributed by atoms with Gasteiger partial charge in [-0.3, -0.25) is 9.59 Å². The summed E-state index contributed by atoms with van der Waals surface area (Å²) in [5.41, 5.74) is 1.23. The van der Waals surface area contributed by atoms with Gasteiger partial charge in [-0.05, 0) is 42.3 Å². The molecule has 1 N–H and O–H groups in total. The van der Waals surface area contributed by atoms with Crippen molar-refractivity contribution < 1.29 is 14.3 Å². The van der Waals surface area contributed by atoms with Gasteiger partial charge in [0.15, 0.2) is 0 Å². The van der Waals surface area contributed by atoms with Crippen LogP contribution in [0.25, 0.3) is 0 Å². The number of hydrogen-bond acceptors (Lipinski definition) is 4. The van der Waals surface area contributed by atoms with Crippen molar-refractivity contribution in [2.24, 2.45) is 0 Å². The number of likely N-dealkylation sites (tertiary alicyclic amines) is 1. The quantitative estimate of drug-likeness (QED) is 0.855. The molecule has 0 aromatic carbocycles. The first-order valence-corrected chi connectivity index (χ1v) is 8.91. The predicted octanol–water partition coefficient (Wildman–Crippen LogP) is 1.83. The Morgan fingerprint density at radius 1 is 1.43 bits per heavy atom. The maximum absolute atomic E-state index is 12.2. The molecule has 1 aromatic rings. The normalized spacial score (nSPS) is 19.2. The number of nitrogens with zero attached hydrogens (tertiary/aromatic N) is 1. The fraction of sp³-hybridized carbons (Fsp3) is 0.529. The topological polar surface area (TPSA) is 58.6 Å². The molecule has 5 nitrogen and oxygen atoms in total.